The lowest BCUT2D eigenvalue weighted by Gasteiger charge is -2.39. The number of para-hydroxylation sites is 2. The second-order valence-corrected chi connectivity index (χ2v) is 6.02. The fourth-order valence-corrected chi connectivity index (χ4v) is 2.87. The molecular weight excluding hydrogens is 322 g/mol. The van der Waals surface area contributed by atoms with E-state index in [-0.39, 0.29) is 18.7 Å². The normalized spacial score (nSPS) is 16.6. The maximum absolute atomic E-state index is 12.2. The number of methoxy groups -OCH3 is 1. The molecule has 25 heavy (non-hydrogen) atoms. The number of hydrogen-bond acceptors (Lipinski definition) is 4. The molecule has 0 aliphatic carbocycles. The van der Waals surface area contributed by atoms with E-state index in [1.54, 1.807) is 29.2 Å². The molecule has 1 aromatic rings. The fourth-order valence-electron chi connectivity index (χ4n) is 2.87. The summed E-state index contributed by atoms with van der Waals surface area (Å²) in [6.45, 7) is 2.73. The number of nitrogens with zero attached hydrogens (tertiary/aromatic N) is 1. The minimum atomic E-state index is -1.34. The Labute approximate surface area is 148 Å². The van der Waals surface area contributed by atoms with Crippen molar-refractivity contribution in [2.24, 2.45) is 0 Å². The van der Waals surface area contributed by atoms with Crippen molar-refractivity contribution in [3.8, 4) is 11.5 Å². The van der Waals surface area contributed by atoms with Crippen LogP contribution in [0, 0.1) is 0 Å². The van der Waals surface area contributed by atoms with Crippen LogP contribution in [0.5, 0.6) is 11.5 Å². The van der Waals surface area contributed by atoms with E-state index in [1.165, 1.54) is 7.11 Å². The van der Waals surface area contributed by atoms with Gasteiger partial charge in [0.05, 0.1) is 7.11 Å². The quantitative estimate of drug-likeness (QED) is 0.768. The molecule has 1 amide bonds. The third-order valence-corrected chi connectivity index (χ3v) is 4.38. The lowest BCUT2D eigenvalue weighted by molar-refractivity contribution is -0.161. The highest BCUT2D eigenvalue weighted by Crippen LogP contribution is 2.34. The maximum atomic E-state index is 12.2. The largest absolute Gasteiger partial charge is 0.493 e. The number of aliphatic carboxylic acids is 1. The minimum Gasteiger partial charge on any atom is -0.493 e. The fraction of sp³-hybridized carbons (Fsp3) is 0.474. The van der Waals surface area contributed by atoms with Crippen LogP contribution >= 0.6 is 0 Å². The van der Waals surface area contributed by atoms with Gasteiger partial charge in [-0.3, -0.25) is 4.79 Å². The van der Waals surface area contributed by atoms with Crippen molar-refractivity contribution in [3.05, 3.63) is 36.4 Å². The van der Waals surface area contributed by atoms with Gasteiger partial charge in [0.25, 0.3) is 0 Å². The van der Waals surface area contributed by atoms with E-state index in [1.807, 2.05) is 19.1 Å². The predicted molar refractivity (Wildman–Crippen MR) is 93.9 cm³/mol. The zero-order valence-corrected chi connectivity index (χ0v) is 14.7. The molecule has 1 aliphatic rings. The predicted octanol–water partition coefficient (Wildman–Crippen LogP) is 2.88. The Balaban J connectivity index is 2.07. The van der Waals surface area contributed by atoms with Gasteiger partial charge in [-0.25, -0.2) is 4.79 Å². The molecule has 0 bridgehead atoms. The molecule has 0 saturated carbocycles. The number of piperidine rings is 1. The van der Waals surface area contributed by atoms with Gasteiger partial charge >= 0.3 is 5.97 Å². The molecular formula is C19H25NO5. The summed E-state index contributed by atoms with van der Waals surface area (Å²) in [6, 6.07) is 6.98. The van der Waals surface area contributed by atoms with Crippen molar-refractivity contribution >= 4 is 11.9 Å². The highest BCUT2D eigenvalue weighted by atomic mass is 16.5. The molecule has 0 aromatic heterocycles. The molecule has 6 nitrogen and oxygen atoms in total. The third-order valence-electron chi connectivity index (χ3n) is 4.38. The van der Waals surface area contributed by atoms with Crippen molar-refractivity contribution < 1.29 is 24.2 Å². The van der Waals surface area contributed by atoms with E-state index < -0.39 is 11.6 Å². The Morgan fingerprint density at radius 2 is 1.84 bits per heavy atom. The molecule has 1 aromatic carbocycles. The number of carbonyl (C=O) groups is 2. The molecule has 2 rings (SSSR count). The Kier molecular flexibility index (Phi) is 6.44. The SMILES string of the molecule is CC/C=C/CC(=O)N1CCC(Oc2ccccc2OC)(C(=O)O)CC1. The Hall–Kier alpha value is -2.50. The van der Waals surface area contributed by atoms with Crippen molar-refractivity contribution in [1.29, 1.82) is 0 Å². The highest BCUT2D eigenvalue weighted by Gasteiger charge is 2.45. The van der Waals surface area contributed by atoms with Gasteiger partial charge in [0.2, 0.25) is 11.5 Å². The van der Waals surface area contributed by atoms with Crippen molar-refractivity contribution in [2.45, 2.75) is 38.2 Å². The van der Waals surface area contributed by atoms with Crippen LogP contribution in [0.4, 0.5) is 0 Å². The van der Waals surface area contributed by atoms with Gasteiger partial charge in [-0.2, -0.15) is 0 Å². The lowest BCUT2D eigenvalue weighted by Crippen LogP contribution is -2.54. The summed E-state index contributed by atoms with van der Waals surface area (Å²) >= 11 is 0. The summed E-state index contributed by atoms with van der Waals surface area (Å²) in [5.74, 6) is -0.109. The number of amides is 1. The molecule has 0 atom stereocenters. The summed E-state index contributed by atoms with van der Waals surface area (Å²) < 4.78 is 11.1. The number of likely N-dealkylation sites (tertiary alicyclic amines) is 1. The number of hydrogen-bond donors (Lipinski definition) is 1. The molecule has 6 heteroatoms. The number of allylic oxidation sites excluding steroid dienone is 1. The zero-order valence-electron chi connectivity index (χ0n) is 14.7. The standard InChI is InChI=1S/C19H25NO5/c1-3-4-5-10-17(21)20-13-11-19(12-14-20,18(22)23)25-16-9-7-6-8-15(16)24-2/h4-9H,3,10-14H2,1-2H3,(H,22,23)/b5-4+. The zero-order chi connectivity index (χ0) is 18.3. The van der Waals surface area contributed by atoms with Crippen LogP contribution in [0.25, 0.3) is 0 Å². The van der Waals surface area contributed by atoms with E-state index >= 15 is 0 Å². The average molecular weight is 347 g/mol. The molecule has 1 aliphatic heterocycles. The van der Waals surface area contributed by atoms with E-state index in [0.717, 1.165) is 6.42 Å². The summed E-state index contributed by atoms with van der Waals surface area (Å²) in [5.41, 5.74) is -1.34. The monoisotopic (exact) mass is 347 g/mol. The van der Waals surface area contributed by atoms with Gasteiger partial charge < -0.3 is 19.5 Å². The van der Waals surface area contributed by atoms with Gasteiger partial charge in [-0.1, -0.05) is 31.2 Å². The first kappa shape index (κ1) is 18.8. The van der Waals surface area contributed by atoms with Crippen LogP contribution in [-0.2, 0) is 9.59 Å². The summed E-state index contributed by atoms with van der Waals surface area (Å²) in [6.07, 6.45) is 5.53. The second kappa shape index (κ2) is 8.55. The van der Waals surface area contributed by atoms with Crippen molar-refractivity contribution in [3.63, 3.8) is 0 Å². The molecule has 0 spiro atoms. The van der Waals surface area contributed by atoms with Crippen LogP contribution in [-0.4, -0.2) is 47.7 Å². The Morgan fingerprint density at radius 3 is 2.40 bits per heavy atom. The van der Waals surface area contributed by atoms with Crippen molar-refractivity contribution in [2.75, 3.05) is 20.2 Å². The molecule has 1 N–H and O–H groups in total. The smallest absolute Gasteiger partial charge is 0.348 e. The maximum Gasteiger partial charge on any atom is 0.348 e. The van der Waals surface area contributed by atoms with Crippen molar-refractivity contribution in [1.82, 2.24) is 4.90 Å². The second-order valence-electron chi connectivity index (χ2n) is 6.02. The molecule has 1 saturated heterocycles. The number of ether oxygens (including phenoxy) is 2. The molecule has 1 fully saturated rings. The van der Waals surface area contributed by atoms with Crippen LogP contribution in [0.3, 0.4) is 0 Å². The van der Waals surface area contributed by atoms with E-state index in [4.69, 9.17) is 9.47 Å². The first-order chi connectivity index (χ1) is 12.0. The highest BCUT2D eigenvalue weighted by molar-refractivity contribution is 5.80. The average Bonchev–Trinajstić information content (AvgIpc) is 2.62. The third kappa shape index (κ3) is 4.53. The van der Waals surface area contributed by atoms with Gasteiger partial charge in [-0.05, 0) is 18.6 Å². The number of carboxylic acids is 1. The van der Waals surface area contributed by atoms with E-state index in [0.29, 0.717) is 31.0 Å². The number of benzene rings is 1. The first-order valence-electron chi connectivity index (χ1n) is 8.50. The summed E-state index contributed by atoms with van der Waals surface area (Å²) in [4.78, 5) is 25.8. The number of carbonyl (C=O) groups excluding carboxylic acids is 1. The number of carboxylic acid groups (broad SMARTS) is 1. The van der Waals surface area contributed by atoms with Crippen LogP contribution in [0.15, 0.2) is 36.4 Å². The van der Waals surface area contributed by atoms with Crippen LogP contribution in [0.1, 0.15) is 32.6 Å². The summed E-state index contributed by atoms with van der Waals surface area (Å²) in [7, 11) is 1.51. The molecule has 0 unspecified atom stereocenters. The lowest BCUT2D eigenvalue weighted by atomic mass is 9.90. The minimum absolute atomic E-state index is 0.0148. The van der Waals surface area contributed by atoms with E-state index in [2.05, 4.69) is 0 Å². The van der Waals surface area contributed by atoms with Gasteiger partial charge in [-0.15, -0.1) is 0 Å². The van der Waals surface area contributed by atoms with Crippen LogP contribution < -0.4 is 9.47 Å². The van der Waals surface area contributed by atoms with Gasteiger partial charge in [0.15, 0.2) is 11.5 Å². The van der Waals surface area contributed by atoms with E-state index in [9.17, 15) is 14.7 Å². The number of rotatable bonds is 7. The first-order valence-corrected chi connectivity index (χ1v) is 8.50. The molecule has 1 heterocycles. The molecule has 136 valence electrons. The van der Waals surface area contributed by atoms with Gasteiger partial charge in [0, 0.05) is 32.4 Å². The molecule has 0 radical (unpaired) electrons. The Morgan fingerprint density at radius 1 is 1.20 bits per heavy atom. The van der Waals surface area contributed by atoms with Gasteiger partial charge in [0.1, 0.15) is 0 Å². The topological polar surface area (TPSA) is 76.1 Å². The summed E-state index contributed by atoms with van der Waals surface area (Å²) in [5, 5.41) is 9.73. The van der Waals surface area contributed by atoms with Crippen LogP contribution in [0.2, 0.25) is 0 Å². The Bertz CT molecular complexity index is 632.